The maximum atomic E-state index is 12.6. The van der Waals surface area contributed by atoms with Gasteiger partial charge in [-0.3, -0.25) is 9.59 Å². The Morgan fingerprint density at radius 3 is 2.44 bits per heavy atom. The first-order chi connectivity index (χ1) is 15.6. The predicted octanol–water partition coefficient (Wildman–Crippen LogP) is 6.70. The number of ether oxygens (including phenoxy) is 1. The van der Waals surface area contributed by atoms with Gasteiger partial charge >= 0.3 is 5.97 Å². The smallest absolute Gasteiger partial charge is 0.305 e. The van der Waals surface area contributed by atoms with Gasteiger partial charge in [0.1, 0.15) is 5.78 Å². The molecule has 1 aliphatic carbocycles. The molecule has 0 bridgehead atoms. The summed E-state index contributed by atoms with van der Waals surface area (Å²) < 4.78 is 4.69. The quantitative estimate of drug-likeness (QED) is 0.228. The van der Waals surface area contributed by atoms with Gasteiger partial charge in [-0.2, -0.15) is 0 Å². The number of Topliss-reactive ketones (excluding diaryl/α,β-unsaturated/α-hetero) is 1. The van der Waals surface area contributed by atoms with Crippen LogP contribution in [0.1, 0.15) is 120 Å². The Kier molecular flexibility index (Phi) is 12.6. The summed E-state index contributed by atoms with van der Waals surface area (Å²) in [6.45, 7) is 2.50. The van der Waals surface area contributed by atoms with Crippen molar-refractivity contribution in [1.29, 1.82) is 0 Å². The third kappa shape index (κ3) is 8.69. The van der Waals surface area contributed by atoms with E-state index in [0.717, 1.165) is 51.4 Å². The van der Waals surface area contributed by atoms with Crippen LogP contribution in [0.3, 0.4) is 0 Å². The molecule has 2 rings (SSSR count). The lowest BCUT2D eigenvalue weighted by Gasteiger charge is -2.21. The van der Waals surface area contributed by atoms with Crippen LogP contribution < -0.4 is 0 Å². The molecule has 0 aliphatic heterocycles. The Bertz CT molecular complexity index is 667. The Morgan fingerprint density at radius 1 is 1.03 bits per heavy atom. The minimum Gasteiger partial charge on any atom is -0.469 e. The molecule has 1 unspecified atom stereocenters. The third-order valence-corrected chi connectivity index (χ3v) is 7.18. The van der Waals surface area contributed by atoms with Crippen molar-refractivity contribution in [2.75, 3.05) is 13.7 Å². The molecule has 4 nitrogen and oxygen atoms in total. The van der Waals surface area contributed by atoms with E-state index in [4.69, 9.17) is 0 Å². The summed E-state index contributed by atoms with van der Waals surface area (Å²) in [5.74, 6) is 1.31. The zero-order chi connectivity index (χ0) is 23.2. The molecular formula is C28H44O4. The average molecular weight is 445 g/mol. The largest absolute Gasteiger partial charge is 0.469 e. The summed E-state index contributed by atoms with van der Waals surface area (Å²) in [6.07, 6.45) is 13.9. The van der Waals surface area contributed by atoms with Crippen LogP contribution in [0.15, 0.2) is 24.3 Å². The van der Waals surface area contributed by atoms with E-state index >= 15 is 0 Å². The number of benzene rings is 1. The zero-order valence-corrected chi connectivity index (χ0v) is 20.3. The number of hydrogen-bond acceptors (Lipinski definition) is 4. The van der Waals surface area contributed by atoms with Crippen LogP contribution in [0.4, 0.5) is 0 Å². The Hall–Kier alpha value is -1.68. The molecule has 0 spiro atoms. The van der Waals surface area contributed by atoms with E-state index in [1.165, 1.54) is 43.9 Å². The van der Waals surface area contributed by atoms with Gasteiger partial charge in [0.05, 0.1) is 7.11 Å². The van der Waals surface area contributed by atoms with Crippen LogP contribution in [-0.4, -0.2) is 30.6 Å². The number of esters is 1. The number of carbonyl (C=O) groups excluding carboxylic acids is 2. The van der Waals surface area contributed by atoms with Crippen molar-refractivity contribution < 1.29 is 19.4 Å². The fourth-order valence-electron chi connectivity index (χ4n) is 5.23. The topological polar surface area (TPSA) is 63.6 Å². The minimum absolute atomic E-state index is 0.136. The van der Waals surface area contributed by atoms with Crippen molar-refractivity contribution in [3.63, 3.8) is 0 Å². The molecule has 4 heteroatoms. The van der Waals surface area contributed by atoms with E-state index < -0.39 is 0 Å². The first-order valence-corrected chi connectivity index (χ1v) is 12.9. The molecule has 0 radical (unpaired) electrons. The van der Waals surface area contributed by atoms with Crippen molar-refractivity contribution in [3.05, 3.63) is 35.4 Å². The molecule has 0 heterocycles. The lowest BCUT2D eigenvalue weighted by Crippen LogP contribution is -2.13. The Morgan fingerprint density at radius 2 is 1.75 bits per heavy atom. The van der Waals surface area contributed by atoms with Gasteiger partial charge in [0.2, 0.25) is 0 Å². The van der Waals surface area contributed by atoms with E-state index in [0.29, 0.717) is 30.5 Å². The van der Waals surface area contributed by atoms with Gasteiger partial charge in [0.15, 0.2) is 0 Å². The van der Waals surface area contributed by atoms with Gasteiger partial charge in [-0.05, 0) is 61.5 Å². The summed E-state index contributed by atoms with van der Waals surface area (Å²) in [6, 6.07) is 9.06. The van der Waals surface area contributed by atoms with Gasteiger partial charge in [-0.1, -0.05) is 69.7 Å². The van der Waals surface area contributed by atoms with Crippen LogP contribution in [0.5, 0.6) is 0 Å². The molecule has 3 atom stereocenters. The summed E-state index contributed by atoms with van der Waals surface area (Å²) in [5.41, 5.74) is 2.69. The highest BCUT2D eigenvalue weighted by Crippen LogP contribution is 2.41. The normalized spacial score (nSPS) is 19.3. The molecule has 180 valence electrons. The molecule has 0 amide bonds. The second kappa shape index (κ2) is 15.2. The average Bonchev–Trinajstić information content (AvgIpc) is 3.18. The summed E-state index contributed by atoms with van der Waals surface area (Å²) in [7, 11) is 1.43. The number of carbonyl (C=O) groups is 2. The monoisotopic (exact) mass is 444 g/mol. The van der Waals surface area contributed by atoms with Crippen molar-refractivity contribution in [2.24, 2.45) is 5.92 Å². The number of ketones is 1. The molecule has 1 N–H and O–H groups in total. The molecular weight excluding hydrogens is 400 g/mol. The van der Waals surface area contributed by atoms with Gasteiger partial charge in [0, 0.05) is 25.4 Å². The number of rotatable bonds is 16. The van der Waals surface area contributed by atoms with Crippen LogP contribution >= 0.6 is 0 Å². The van der Waals surface area contributed by atoms with Crippen molar-refractivity contribution >= 4 is 11.8 Å². The number of aliphatic hydroxyl groups excluding tert-OH is 1. The van der Waals surface area contributed by atoms with Crippen LogP contribution in [0.25, 0.3) is 0 Å². The standard InChI is InChI=1S/C28H44O4/c1-3-4-7-11-22(12-10-21-29)23-15-17-24(18-16-23)25-19-20-27(30)26(25)13-8-5-6-9-14-28(31)32-2/h15-18,22,25-26,29H,3-14,19-21H2,1-2H3/t22?,25-,26-/m1/s1. The van der Waals surface area contributed by atoms with Crippen molar-refractivity contribution in [2.45, 2.75) is 109 Å². The van der Waals surface area contributed by atoms with E-state index in [1.54, 1.807) is 0 Å². The second-order valence-electron chi connectivity index (χ2n) is 9.47. The van der Waals surface area contributed by atoms with Crippen LogP contribution in [0.2, 0.25) is 0 Å². The SMILES string of the molecule is CCCCCC(CCCO)c1ccc([C@H]2CCC(=O)[C@@H]2CCCCCCC(=O)OC)cc1. The fourth-order valence-corrected chi connectivity index (χ4v) is 5.23. The van der Waals surface area contributed by atoms with Gasteiger partial charge in [-0.25, -0.2) is 0 Å². The Balaban J connectivity index is 1.89. The maximum absolute atomic E-state index is 12.6. The molecule has 1 aromatic carbocycles. The fraction of sp³-hybridized carbons (Fsp3) is 0.714. The highest BCUT2D eigenvalue weighted by Gasteiger charge is 2.34. The van der Waals surface area contributed by atoms with Crippen LogP contribution in [0, 0.1) is 5.92 Å². The zero-order valence-electron chi connectivity index (χ0n) is 20.3. The van der Waals surface area contributed by atoms with E-state index in [2.05, 4.69) is 35.9 Å². The van der Waals surface area contributed by atoms with Gasteiger partial charge < -0.3 is 9.84 Å². The summed E-state index contributed by atoms with van der Waals surface area (Å²) in [4.78, 5) is 23.8. The van der Waals surface area contributed by atoms with Crippen LogP contribution in [-0.2, 0) is 14.3 Å². The molecule has 1 saturated carbocycles. The second-order valence-corrected chi connectivity index (χ2v) is 9.47. The molecule has 0 aromatic heterocycles. The first-order valence-electron chi connectivity index (χ1n) is 12.9. The van der Waals surface area contributed by atoms with E-state index in [1.807, 2.05) is 0 Å². The molecule has 1 aliphatic rings. The minimum atomic E-state index is -0.136. The van der Waals surface area contributed by atoms with E-state index in [9.17, 15) is 14.7 Å². The van der Waals surface area contributed by atoms with Crippen molar-refractivity contribution in [1.82, 2.24) is 0 Å². The lowest BCUT2D eigenvalue weighted by molar-refractivity contribution is -0.140. The van der Waals surface area contributed by atoms with Gasteiger partial charge in [-0.15, -0.1) is 0 Å². The molecule has 0 saturated heterocycles. The summed E-state index contributed by atoms with van der Waals surface area (Å²) in [5, 5.41) is 9.28. The predicted molar refractivity (Wildman–Crippen MR) is 130 cm³/mol. The number of unbranched alkanes of at least 4 members (excludes halogenated alkanes) is 5. The maximum Gasteiger partial charge on any atom is 0.305 e. The third-order valence-electron chi connectivity index (χ3n) is 7.18. The molecule has 1 fully saturated rings. The Labute approximate surface area is 195 Å². The van der Waals surface area contributed by atoms with E-state index in [-0.39, 0.29) is 18.5 Å². The summed E-state index contributed by atoms with van der Waals surface area (Å²) >= 11 is 0. The number of hydrogen-bond donors (Lipinski definition) is 1. The first kappa shape index (κ1) is 26.6. The lowest BCUT2D eigenvalue weighted by atomic mass is 9.83. The number of aliphatic hydroxyl groups is 1. The van der Waals surface area contributed by atoms with Gasteiger partial charge in [0.25, 0.3) is 0 Å². The number of methoxy groups -OCH3 is 1. The highest BCUT2D eigenvalue weighted by atomic mass is 16.5. The molecule has 32 heavy (non-hydrogen) atoms. The highest BCUT2D eigenvalue weighted by molar-refractivity contribution is 5.84. The van der Waals surface area contributed by atoms with Crippen molar-refractivity contribution in [3.8, 4) is 0 Å². The molecule has 1 aromatic rings.